The van der Waals surface area contributed by atoms with Crippen molar-refractivity contribution in [2.24, 2.45) is 0 Å². The van der Waals surface area contributed by atoms with Crippen molar-refractivity contribution in [3.8, 4) is 11.5 Å². The SMILES string of the molecule is Cc1ccc(C(=O)N2CCCC[C@@H]2c2nnc(-c3ccncc3)o2)cc1. The van der Waals surface area contributed by atoms with Gasteiger partial charge in [0.05, 0.1) is 0 Å². The van der Waals surface area contributed by atoms with Crippen molar-refractivity contribution in [1.29, 1.82) is 0 Å². The molecule has 1 aliphatic heterocycles. The van der Waals surface area contributed by atoms with E-state index in [1.807, 2.05) is 48.2 Å². The maximum atomic E-state index is 13.0. The van der Waals surface area contributed by atoms with Crippen LogP contribution in [0.25, 0.3) is 11.5 Å². The maximum Gasteiger partial charge on any atom is 0.254 e. The largest absolute Gasteiger partial charge is 0.418 e. The Bertz CT molecular complexity index is 890. The van der Waals surface area contributed by atoms with E-state index in [2.05, 4.69) is 15.2 Å². The van der Waals surface area contributed by atoms with Gasteiger partial charge in [0.15, 0.2) is 0 Å². The molecule has 1 fully saturated rings. The molecule has 3 aromatic rings. The van der Waals surface area contributed by atoms with Crippen molar-refractivity contribution in [3.05, 3.63) is 65.8 Å². The van der Waals surface area contributed by atoms with Gasteiger partial charge in [0.1, 0.15) is 6.04 Å². The van der Waals surface area contributed by atoms with E-state index in [-0.39, 0.29) is 11.9 Å². The average molecular weight is 348 g/mol. The third-order valence-electron chi connectivity index (χ3n) is 4.72. The first-order valence-corrected chi connectivity index (χ1v) is 8.84. The van der Waals surface area contributed by atoms with E-state index >= 15 is 0 Å². The zero-order chi connectivity index (χ0) is 17.9. The summed E-state index contributed by atoms with van der Waals surface area (Å²) < 4.78 is 5.90. The van der Waals surface area contributed by atoms with Crippen LogP contribution in [-0.2, 0) is 0 Å². The van der Waals surface area contributed by atoms with Crippen molar-refractivity contribution in [2.75, 3.05) is 6.54 Å². The highest BCUT2D eigenvalue weighted by atomic mass is 16.4. The summed E-state index contributed by atoms with van der Waals surface area (Å²) in [6.07, 6.45) is 6.23. The molecule has 0 saturated carbocycles. The lowest BCUT2D eigenvalue weighted by molar-refractivity contribution is 0.0572. The molecule has 0 N–H and O–H groups in total. The lowest BCUT2D eigenvalue weighted by Gasteiger charge is -2.33. The minimum atomic E-state index is -0.180. The predicted molar refractivity (Wildman–Crippen MR) is 96.3 cm³/mol. The van der Waals surface area contributed by atoms with Crippen LogP contribution >= 0.6 is 0 Å². The number of benzene rings is 1. The first kappa shape index (κ1) is 16.4. The molecular formula is C20H20N4O2. The summed E-state index contributed by atoms with van der Waals surface area (Å²) >= 11 is 0. The van der Waals surface area contributed by atoms with Crippen LogP contribution in [-0.4, -0.2) is 32.5 Å². The van der Waals surface area contributed by atoms with E-state index in [1.165, 1.54) is 0 Å². The standard InChI is InChI=1S/C20H20N4O2/c1-14-5-7-16(8-6-14)20(25)24-13-3-2-4-17(24)19-23-22-18(26-19)15-9-11-21-12-10-15/h5-12,17H,2-4,13H2,1H3/t17-/m1/s1. The lowest BCUT2D eigenvalue weighted by atomic mass is 10.0. The summed E-state index contributed by atoms with van der Waals surface area (Å²) in [6.45, 7) is 2.71. The van der Waals surface area contributed by atoms with Crippen molar-refractivity contribution in [3.63, 3.8) is 0 Å². The van der Waals surface area contributed by atoms with Crippen molar-refractivity contribution >= 4 is 5.91 Å². The second kappa shape index (κ2) is 7.07. The number of pyridine rings is 1. The smallest absolute Gasteiger partial charge is 0.254 e. The normalized spacial score (nSPS) is 17.3. The number of nitrogens with zero attached hydrogens (tertiary/aromatic N) is 4. The second-order valence-electron chi connectivity index (χ2n) is 6.56. The van der Waals surface area contributed by atoms with Gasteiger partial charge in [-0.05, 0) is 50.5 Å². The molecular weight excluding hydrogens is 328 g/mol. The minimum absolute atomic E-state index is 0.0124. The highest BCUT2D eigenvalue weighted by Gasteiger charge is 2.32. The molecule has 0 radical (unpaired) electrons. The van der Waals surface area contributed by atoms with Crippen LogP contribution in [0.15, 0.2) is 53.2 Å². The zero-order valence-electron chi connectivity index (χ0n) is 14.6. The van der Waals surface area contributed by atoms with Crippen LogP contribution in [0, 0.1) is 6.92 Å². The fourth-order valence-electron chi connectivity index (χ4n) is 3.27. The van der Waals surface area contributed by atoms with Crippen LogP contribution < -0.4 is 0 Å². The van der Waals surface area contributed by atoms with Crippen LogP contribution in [0.1, 0.15) is 47.1 Å². The first-order valence-electron chi connectivity index (χ1n) is 8.84. The van der Waals surface area contributed by atoms with Gasteiger partial charge in [-0.3, -0.25) is 9.78 Å². The van der Waals surface area contributed by atoms with Crippen LogP contribution in [0.2, 0.25) is 0 Å². The van der Waals surface area contributed by atoms with Gasteiger partial charge in [-0.1, -0.05) is 17.7 Å². The van der Waals surface area contributed by atoms with Gasteiger partial charge >= 0.3 is 0 Å². The molecule has 0 aliphatic carbocycles. The summed E-state index contributed by atoms with van der Waals surface area (Å²) in [6, 6.07) is 11.1. The van der Waals surface area contributed by atoms with E-state index in [0.717, 1.165) is 30.4 Å². The molecule has 3 heterocycles. The lowest BCUT2D eigenvalue weighted by Crippen LogP contribution is -2.38. The number of hydrogen-bond donors (Lipinski definition) is 0. The third kappa shape index (κ3) is 3.22. The molecule has 0 unspecified atom stereocenters. The quantitative estimate of drug-likeness (QED) is 0.720. The Morgan fingerprint density at radius 2 is 1.85 bits per heavy atom. The van der Waals surface area contributed by atoms with Gasteiger partial charge in [0.25, 0.3) is 5.91 Å². The van der Waals surface area contributed by atoms with E-state index in [4.69, 9.17) is 4.42 Å². The zero-order valence-corrected chi connectivity index (χ0v) is 14.6. The maximum absolute atomic E-state index is 13.0. The van der Waals surface area contributed by atoms with Gasteiger partial charge < -0.3 is 9.32 Å². The number of aryl methyl sites for hydroxylation is 1. The summed E-state index contributed by atoms with van der Waals surface area (Å²) in [5, 5.41) is 8.38. The van der Waals surface area contributed by atoms with Crippen LogP contribution in [0.4, 0.5) is 0 Å². The Labute approximate surface area is 151 Å². The fraction of sp³-hybridized carbons (Fsp3) is 0.300. The van der Waals surface area contributed by atoms with E-state index in [9.17, 15) is 4.79 Å². The van der Waals surface area contributed by atoms with Gasteiger partial charge in [-0.2, -0.15) is 0 Å². The number of likely N-dealkylation sites (tertiary alicyclic amines) is 1. The van der Waals surface area contributed by atoms with E-state index in [0.29, 0.717) is 23.9 Å². The van der Waals surface area contributed by atoms with Crippen LogP contribution in [0.5, 0.6) is 0 Å². The van der Waals surface area contributed by atoms with Crippen molar-refractivity contribution in [2.45, 2.75) is 32.2 Å². The molecule has 1 atom stereocenters. The Kier molecular flexibility index (Phi) is 4.48. The highest BCUT2D eigenvalue weighted by molar-refractivity contribution is 5.94. The molecule has 6 heteroatoms. The summed E-state index contributed by atoms with van der Waals surface area (Å²) in [5.74, 6) is 0.964. The van der Waals surface area contributed by atoms with Gasteiger partial charge in [0.2, 0.25) is 11.8 Å². The number of aromatic nitrogens is 3. The fourth-order valence-corrected chi connectivity index (χ4v) is 3.27. The van der Waals surface area contributed by atoms with Crippen molar-refractivity contribution < 1.29 is 9.21 Å². The predicted octanol–water partition coefficient (Wildman–Crippen LogP) is 3.81. The molecule has 0 spiro atoms. The average Bonchev–Trinajstić information content (AvgIpc) is 3.19. The monoisotopic (exact) mass is 348 g/mol. The molecule has 26 heavy (non-hydrogen) atoms. The minimum Gasteiger partial charge on any atom is -0.418 e. The molecule has 2 aromatic heterocycles. The van der Waals surface area contributed by atoms with Gasteiger partial charge in [0, 0.05) is 30.1 Å². The van der Waals surface area contributed by atoms with E-state index in [1.54, 1.807) is 12.4 Å². The molecule has 1 amide bonds. The molecule has 6 nitrogen and oxygen atoms in total. The molecule has 1 saturated heterocycles. The summed E-state index contributed by atoms with van der Waals surface area (Å²) in [5.41, 5.74) is 2.65. The third-order valence-corrected chi connectivity index (χ3v) is 4.72. The first-order chi connectivity index (χ1) is 12.7. The molecule has 0 bridgehead atoms. The number of piperidine rings is 1. The van der Waals surface area contributed by atoms with E-state index < -0.39 is 0 Å². The van der Waals surface area contributed by atoms with Crippen molar-refractivity contribution in [1.82, 2.24) is 20.1 Å². The Hall–Kier alpha value is -3.02. The van der Waals surface area contributed by atoms with Gasteiger partial charge in [-0.15, -0.1) is 10.2 Å². The molecule has 1 aliphatic rings. The highest BCUT2D eigenvalue weighted by Crippen LogP contribution is 2.32. The summed E-state index contributed by atoms with van der Waals surface area (Å²) in [4.78, 5) is 18.9. The molecule has 4 rings (SSSR count). The second-order valence-corrected chi connectivity index (χ2v) is 6.56. The Balaban J connectivity index is 1.61. The Morgan fingerprint density at radius 3 is 2.62 bits per heavy atom. The topological polar surface area (TPSA) is 72.1 Å². The number of rotatable bonds is 3. The Morgan fingerprint density at radius 1 is 1.08 bits per heavy atom. The number of hydrogen-bond acceptors (Lipinski definition) is 5. The van der Waals surface area contributed by atoms with Crippen LogP contribution in [0.3, 0.4) is 0 Å². The number of amides is 1. The molecule has 1 aromatic carbocycles. The molecule has 132 valence electrons. The number of carbonyl (C=O) groups is 1. The number of carbonyl (C=O) groups excluding carboxylic acids is 1. The van der Waals surface area contributed by atoms with Gasteiger partial charge in [-0.25, -0.2) is 0 Å². The summed E-state index contributed by atoms with van der Waals surface area (Å²) in [7, 11) is 0.